The quantitative estimate of drug-likeness (QED) is 0.656. The van der Waals surface area contributed by atoms with Gasteiger partial charge >= 0.3 is 0 Å². The molecule has 6 nitrogen and oxygen atoms in total. The number of nitrogens with one attached hydrogen (secondary N) is 1. The summed E-state index contributed by atoms with van der Waals surface area (Å²) in [6.07, 6.45) is 3.61. The molecule has 0 radical (unpaired) electrons. The minimum absolute atomic E-state index is 0.00816. The van der Waals surface area contributed by atoms with Gasteiger partial charge in [-0.2, -0.15) is 4.31 Å². The molecule has 1 N–H and O–H groups in total. The Bertz CT molecular complexity index is 1080. The van der Waals surface area contributed by atoms with Crippen LogP contribution in [0.4, 0.5) is 5.69 Å². The van der Waals surface area contributed by atoms with Crippen molar-refractivity contribution in [2.24, 2.45) is 11.8 Å². The summed E-state index contributed by atoms with van der Waals surface area (Å²) in [6.45, 7) is 9.19. The Morgan fingerprint density at radius 1 is 0.971 bits per heavy atom. The van der Waals surface area contributed by atoms with Gasteiger partial charge in [0.05, 0.1) is 10.9 Å². The minimum atomic E-state index is -3.51. The zero-order chi connectivity index (χ0) is 24.3. The number of anilines is 1. The van der Waals surface area contributed by atoms with E-state index in [9.17, 15) is 13.2 Å². The minimum Gasteiger partial charge on any atom is -0.371 e. The van der Waals surface area contributed by atoms with Gasteiger partial charge in [0.15, 0.2) is 0 Å². The average Bonchev–Trinajstić information content (AvgIpc) is 2.84. The molecule has 184 valence electrons. The molecule has 0 saturated carbocycles. The van der Waals surface area contributed by atoms with Gasteiger partial charge in [0, 0.05) is 37.8 Å². The highest BCUT2D eigenvalue weighted by molar-refractivity contribution is 7.89. The highest BCUT2D eigenvalue weighted by Crippen LogP contribution is 2.27. The highest BCUT2D eigenvalue weighted by atomic mass is 32.2. The molecule has 4 rings (SSSR count). The summed E-state index contributed by atoms with van der Waals surface area (Å²) >= 11 is 0. The van der Waals surface area contributed by atoms with Crippen molar-refractivity contribution in [2.45, 2.75) is 57.4 Å². The molecule has 0 unspecified atom stereocenters. The Kier molecular flexibility index (Phi) is 7.63. The molecule has 2 aromatic carbocycles. The third kappa shape index (κ3) is 5.63. The fourth-order valence-electron chi connectivity index (χ4n) is 5.03. The molecule has 2 saturated heterocycles. The molecule has 7 heteroatoms. The number of amides is 1. The van der Waals surface area contributed by atoms with Gasteiger partial charge in [-0.1, -0.05) is 36.8 Å². The van der Waals surface area contributed by atoms with Crippen molar-refractivity contribution in [2.75, 3.05) is 31.1 Å². The molecule has 2 heterocycles. The van der Waals surface area contributed by atoms with E-state index in [0.717, 1.165) is 30.1 Å². The van der Waals surface area contributed by atoms with E-state index in [-0.39, 0.29) is 17.9 Å². The molecule has 0 aliphatic carbocycles. The van der Waals surface area contributed by atoms with E-state index < -0.39 is 10.0 Å². The maximum Gasteiger partial charge on any atom is 0.243 e. The van der Waals surface area contributed by atoms with E-state index in [1.165, 1.54) is 22.8 Å². The van der Waals surface area contributed by atoms with E-state index in [2.05, 4.69) is 41.4 Å². The van der Waals surface area contributed by atoms with E-state index in [1.807, 2.05) is 26.0 Å². The van der Waals surface area contributed by atoms with Crippen LogP contribution in [-0.4, -0.2) is 44.8 Å². The molecular formula is C27H37N3O3S. The number of carbonyl (C=O) groups excluding carboxylic acids is 1. The first-order chi connectivity index (χ1) is 16.2. The SMILES string of the molecule is Cc1ccc(S(=O)(=O)N2CCC(C(=O)N[C@@H](C)c3ccc(N4CCC[C@H](C)C4)cc3)CC2)cc1. The topological polar surface area (TPSA) is 69.7 Å². The van der Waals surface area contributed by atoms with Crippen molar-refractivity contribution in [3.05, 3.63) is 59.7 Å². The number of carbonyl (C=O) groups is 1. The second-order valence-corrected chi connectivity index (χ2v) is 11.9. The molecular weight excluding hydrogens is 446 g/mol. The third-order valence-corrected chi connectivity index (χ3v) is 9.17. The largest absolute Gasteiger partial charge is 0.371 e. The molecule has 0 aromatic heterocycles. The fourth-order valence-corrected chi connectivity index (χ4v) is 6.50. The number of rotatable bonds is 6. The van der Waals surface area contributed by atoms with Crippen LogP contribution in [0.3, 0.4) is 0 Å². The van der Waals surface area contributed by atoms with Crippen molar-refractivity contribution >= 4 is 21.6 Å². The first-order valence-electron chi connectivity index (χ1n) is 12.5. The Hall–Kier alpha value is -2.38. The number of hydrogen-bond donors (Lipinski definition) is 1. The summed E-state index contributed by atoms with van der Waals surface area (Å²) in [5, 5.41) is 3.14. The van der Waals surface area contributed by atoms with Crippen molar-refractivity contribution in [1.82, 2.24) is 9.62 Å². The summed E-state index contributed by atoms with van der Waals surface area (Å²) in [5.74, 6) is 0.569. The second kappa shape index (κ2) is 10.5. The average molecular weight is 484 g/mol. The van der Waals surface area contributed by atoms with E-state index >= 15 is 0 Å². The lowest BCUT2D eigenvalue weighted by atomic mass is 9.96. The third-order valence-electron chi connectivity index (χ3n) is 7.26. The summed E-state index contributed by atoms with van der Waals surface area (Å²) < 4.78 is 27.3. The Balaban J connectivity index is 1.30. The van der Waals surface area contributed by atoms with Crippen LogP contribution in [0.25, 0.3) is 0 Å². The lowest BCUT2D eigenvalue weighted by Gasteiger charge is -2.33. The standard InChI is InChI=1S/C27H37N3O3S/c1-20-6-12-26(13-7-20)34(32,33)30-17-14-24(15-18-30)27(31)28-22(3)23-8-10-25(11-9-23)29-16-4-5-21(2)19-29/h6-13,21-22,24H,4-5,14-19H2,1-3H3,(H,28,31)/t21-,22-/m0/s1. The first kappa shape index (κ1) is 24.7. The molecule has 2 aromatic rings. The van der Waals surface area contributed by atoms with Crippen LogP contribution in [0.15, 0.2) is 53.4 Å². The van der Waals surface area contributed by atoms with Gasteiger partial charge in [-0.15, -0.1) is 0 Å². The number of sulfonamides is 1. The molecule has 1 amide bonds. The van der Waals surface area contributed by atoms with E-state index in [4.69, 9.17) is 0 Å². The van der Waals surface area contributed by atoms with Crippen LogP contribution in [0, 0.1) is 18.8 Å². The van der Waals surface area contributed by atoms with Crippen LogP contribution < -0.4 is 10.2 Å². The van der Waals surface area contributed by atoms with Gasteiger partial charge in [-0.3, -0.25) is 4.79 Å². The molecule has 2 fully saturated rings. The van der Waals surface area contributed by atoms with Gasteiger partial charge in [0.2, 0.25) is 15.9 Å². The lowest BCUT2D eigenvalue weighted by Crippen LogP contribution is -2.43. The van der Waals surface area contributed by atoms with Gasteiger partial charge in [-0.25, -0.2) is 8.42 Å². The molecule has 2 atom stereocenters. The number of nitrogens with zero attached hydrogens (tertiary/aromatic N) is 2. The molecule has 2 aliphatic rings. The molecule has 0 bridgehead atoms. The fraction of sp³-hybridized carbons (Fsp3) is 0.519. The predicted octanol–water partition coefficient (Wildman–Crippen LogP) is 4.51. The number of benzene rings is 2. The van der Waals surface area contributed by atoms with Gasteiger partial charge in [0.25, 0.3) is 0 Å². The maximum atomic E-state index is 12.9. The van der Waals surface area contributed by atoms with Gasteiger partial charge in [-0.05, 0) is 75.3 Å². The lowest BCUT2D eigenvalue weighted by molar-refractivity contribution is -0.126. The summed E-state index contributed by atoms with van der Waals surface area (Å²) in [6, 6.07) is 15.4. The maximum absolute atomic E-state index is 12.9. The highest BCUT2D eigenvalue weighted by Gasteiger charge is 2.32. The Labute approximate surface area is 204 Å². The normalized spacial score (nSPS) is 21.3. The number of hydrogen-bond acceptors (Lipinski definition) is 4. The van der Waals surface area contributed by atoms with Crippen LogP contribution >= 0.6 is 0 Å². The van der Waals surface area contributed by atoms with Crippen LogP contribution in [-0.2, 0) is 14.8 Å². The summed E-state index contributed by atoms with van der Waals surface area (Å²) in [7, 11) is -3.51. The number of piperidine rings is 2. The van der Waals surface area contributed by atoms with E-state index in [0.29, 0.717) is 30.8 Å². The van der Waals surface area contributed by atoms with Crippen molar-refractivity contribution in [1.29, 1.82) is 0 Å². The Morgan fingerprint density at radius 2 is 1.62 bits per heavy atom. The van der Waals surface area contributed by atoms with Gasteiger partial charge in [0.1, 0.15) is 0 Å². The van der Waals surface area contributed by atoms with Crippen LogP contribution in [0.2, 0.25) is 0 Å². The predicted molar refractivity (Wildman–Crippen MR) is 136 cm³/mol. The number of aryl methyl sites for hydroxylation is 1. The molecule has 34 heavy (non-hydrogen) atoms. The van der Waals surface area contributed by atoms with E-state index in [1.54, 1.807) is 12.1 Å². The monoisotopic (exact) mass is 483 g/mol. The summed E-state index contributed by atoms with van der Waals surface area (Å²) in [5.41, 5.74) is 3.36. The van der Waals surface area contributed by atoms with Crippen LogP contribution in [0.5, 0.6) is 0 Å². The molecule has 2 aliphatic heterocycles. The van der Waals surface area contributed by atoms with Crippen molar-refractivity contribution in [3.8, 4) is 0 Å². The van der Waals surface area contributed by atoms with Crippen molar-refractivity contribution < 1.29 is 13.2 Å². The smallest absolute Gasteiger partial charge is 0.243 e. The first-order valence-corrected chi connectivity index (χ1v) is 13.9. The zero-order valence-electron chi connectivity index (χ0n) is 20.5. The second-order valence-electron chi connectivity index (χ2n) is 10.0. The zero-order valence-corrected chi connectivity index (χ0v) is 21.4. The van der Waals surface area contributed by atoms with Crippen molar-refractivity contribution in [3.63, 3.8) is 0 Å². The van der Waals surface area contributed by atoms with Gasteiger partial charge < -0.3 is 10.2 Å². The molecule has 0 spiro atoms. The van der Waals surface area contributed by atoms with Crippen LogP contribution in [0.1, 0.15) is 56.7 Å². The summed E-state index contributed by atoms with van der Waals surface area (Å²) in [4.78, 5) is 15.7. The Morgan fingerprint density at radius 3 is 2.24 bits per heavy atom.